The number of nitrogens with zero attached hydrogens (tertiary/aromatic N) is 1. The Hall–Kier alpha value is -1.69. The fourth-order valence-corrected chi connectivity index (χ4v) is 2.56. The molecule has 3 atom stereocenters. The number of rotatable bonds is 2. The molecular formula is C12H14FN3O2. The van der Waals surface area contributed by atoms with Crippen LogP contribution in [0.5, 0.6) is 0 Å². The quantitative estimate of drug-likeness (QED) is 0.840. The van der Waals surface area contributed by atoms with E-state index in [2.05, 4.69) is 15.6 Å². The van der Waals surface area contributed by atoms with Crippen LogP contribution < -0.4 is 10.6 Å². The lowest BCUT2D eigenvalue weighted by Crippen LogP contribution is -2.43. The van der Waals surface area contributed by atoms with Gasteiger partial charge in [0.05, 0.1) is 24.4 Å². The van der Waals surface area contributed by atoms with Crippen molar-refractivity contribution in [3.05, 3.63) is 24.1 Å². The molecule has 0 unspecified atom stereocenters. The van der Waals surface area contributed by atoms with Crippen LogP contribution in [0.15, 0.2) is 18.3 Å². The van der Waals surface area contributed by atoms with Crippen LogP contribution in [0.1, 0.15) is 19.3 Å². The number of hydrogen-bond acceptors (Lipinski definition) is 3. The molecule has 2 amide bonds. The molecular weight excluding hydrogens is 237 g/mol. The third-order valence-electron chi connectivity index (χ3n) is 3.39. The molecule has 2 bridgehead atoms. The van der Waals surface area contributed by atoms with E-state index < -0.39 is 5.82 Å². The topological polar surface area (TPSA) is 63.2 Å². The van der Waals surface area contributed by atoms with Gasteiger partial charge in [-0.2, -0.15) is 0 Å². The average molecular weight is 251 g/mol. The highest BCUT2D eigenvalue weighted by Gasteiger charge is 2.41. The number of pyridine rings is 1. The molecule has 2 fully saturated rings. The van der Waals surface area contributed by atoms with Crippen LogP contribution >= 0.6 is 0 Å². The summed E-state index contributed by atoms with van der Waals surface area (Å²) in [5, 5.41) is 5.44. The number of fused-ring (bicyclic) bond motifs is 2. The molecule has 3 heterocycles. The Kier molecular flexibility index (Phi) is 2.87. The van der Waals surface area contributed by atoms with E-state index in [0.717, 1.165) is 25.5 Å². The van der Waals surface area contributed by atoms with E-state index in [1.54, 1.807) is 0 Å². The maximum Gasteiger partial charge on any atom is 0.320 e. The summed E-state index contributed by atoms with van der Waals surface area (Å²) >= 11 is 0. The molecule has 2 aliphatic heterocycles. The highest BCUT2D eigenvalue weighted by molar-refractivity contribution is 5.88. The van der Waals surface area contributed by atoms with Crippen molar-refractivity contribution >= 4 is 11.8 Å². The van der Waals surface area contributed by atoms with Crippen LogP contribution in [-0.4, -0.2) is 29.3 Å². The molecule has 1 aromatic heterocycles. The molecule has 1 aromatic rings. The van der Waals surface area contributed by atoms with Crippen molar-refractivity contribution in [2.24, 2.45) is 0 Å². The largest absolute Gasteiger partial charge is 0.373 e. The van der Waals surface area contributed by atoms with E-state index in [0.29, 0.717) is 11.9 Å². The van der Waals surface area contributed by atoms with E-state index in [9.17, 15) is 9.18 Å². The number of carbonyl (C=O) groups is 1. The van der Waals surface area contributed by atoms with Crippen molar-refractivity contribution < 1.29 is 13.9 Å². The first-order valence-corrected chi connectivity index (χ1v) is 6.05. The van der Waals surface area contributed by atoms with Gasteiger partial charge in [0.2, 0.25) is 0 Å². The summed E-state index contributed by atoms with van der Waals surface area (Å²) in [6.07, 6.45) is 4.46. The van der Waals surface area contributed by atoms with Crippen molar-refractivity contribution in [2.45, 2.75) is 37.5 Å². The van der Waals surface area contributed by atoms with Crippen molar-refractivity contribution in [1.82, 2.24) is 10.3 Å². The highest BCUT2D eigenvalue weighted by atomic mass is 19.1. The van der Waals surface area contributed by atoms with Gasteiger partial charge in [0.15, 0.2) is 0 Å². The third-order valence-corrected chi connectivity index (χ3v) is 3.39. The first kappa shape index (κ1) is 11.4. The summed E-state index contributed by atoms with van der Waals surface area (Å²) in [5.74, 6) is -0.0968. The second-order valence-electron chi connectivity index (χ2n) is 4.68. The number of ether oxygens (including phenoxy) is 1. The standard InChI is InChI=1S/C12H14FN3O2/c13-7-1-4-11(14-6-7)16-12(17)15-9-5-8-2-3-10(9)18-8/h1,4,6,8-10H,2-3,5H2,(H2,14,15,16,17)/t8-,9+,10-/m1/s1. The predicted octanol–water partition coefficient (Wildman–Crippen LogP) is 1.66. The lowest BCUT2D eigenvalue weighted by atomic mass is 9.96. The van der Waals surface area contributed by atoms with Crippen molar-refractivity contribution in [2.75, 3.05) is 5.32 Å². The molecule has 2 aliphatic rings. The Morgan fingerprint density at radius 3 is 2.94 bits per heavy atom. The second-order valence-corrected chi connectivity index (χ2v) is 4.68. The van der Waals surface area contributed by atoms with E-state index >= 15 is 0 Å². The minimum Gasteiger partial charge on any atom is -0.373 e. The number of aromatic nitrogens is 1. The van der Waals surface area contributed by atoms with Crippen molar-refractivity contribution in [3.8, 4) is 0 Å². The van der Waals surface area contributed by atoms with Gasteiger partial charge < -0.3 is 10.1 Å². The van der Waals surface area contributed by atoms with Crippen molar-refractivity contribution in [1.29, 1.82) is 0 Å². The zero-order valence-electron chi connectivity index (χ0n) is 9.73. The van der Waals surface area contributed by atoms with Gasteiger partial charge in [-0.1, -0.05) is 0 Å². The Morgan fingerprint density at radius 1 is 1.44 bits per heavy atom. The summed E-state index contributed by atoms with van der Waals surface area (Å²) in [6, 6.07) is 2.43. The Balaban J connectivity index is 1.54. The molecule has 96 valence electrons. The summed E-state index contributed by atoms with van der Waals surface area (Å²) in [6.45, 7) is 0. The third kappa shape index (κ3) is 2.28. The first-order chi connectivity index (χ1) is 8.70. The van der Waals surface area contributed by atoms with Crippen LogP contribution in [0.2, 0.25) is 0 Å². The van der Waals surface area contributed by atoms with Gasteiger partial charge in [-0.25, -0.2) is 14.2 Å². The summed E-state index contributed by atoms with van der Waals surface area (Å²) in [7, 11) is 0. The molecule has 2 saturated heterocycles. The van der Waals surface area contributed by atoms with Gasteiger partial charge in [0.1, 0.15) is 11.6 Å². The number of halogens is 1. The molecule has 0 radical (unpaired) electrons. The number of nitrogens with one attached hydrogen (secondary N) is 2. The van der Waals surface area contributed by atoms with E-state index in [-0.39, 0.29) is 18.2 Å². The van der Waals surface area contributed by atoms with E-state index in [1.165, 1.54) is 12.1 Å². The number of carbonyl (C=O) groups excluding carboxylic acids is 1. The van der Waals surface area contributed by atoms with Gasteiger partial charge in [-0.3, -0.25) is 5.32 Å². The van der Waals surface area contributed by atoms with Crippen molar-refractivity contribution in [3.63, 3.8) is 0 Å². The maximum absolute atomic E-state index is 12.6. The maximum atomic E-state index is 12.6. The smallest absolute Gasteiger partial charge is 0.320 e. The zero-order valence-corrected chi connectivity index (χ0v) is 9.73. The molecule has 5 nitrogen and oxygen atoms in total. The fourth-order valence-electron chi connectivity index (χ4n) is 2.56. The molecule has 0 aliphatic carbocycles. The van der Waals surface area contributed by atoms with E-state index in [4.69, 9.17) is 4.74 Å². The van der Waals surface area contributed by atoms with Crippen LogP contribution in [0.25, 0.3) is 0 Å². The zero-order chi connectivity index (χ0) is 12.5. The molecule has 3 rings (SSSR count). The minimum atomic E-state index is -0.428. The van der Waals surface area contributed by atoms with Crippen LogP contribution in [0.3, 0.4) is 0 Å². The molecule has 2 N–H and O–H groups in total. The summed E-state index contributed by atoms with van der Waals surface area (Å²) < 4.78 is 18.3. The van der Waals surface area contributed by atoms with Crippen LogP contribution in [-0.2, 0) is 4.74 Å². The lowest BCUT2D eigenvalue weighted by Gasteiger charge is -2.20. The van der Waals surface area contributed by atoms with Gasteiger partial charge in [-0.15, -0.1) is 0 Å². The summed E-state index contributed by atoms with van der Waals surface area (Å²) in [5.41, 5.74) is 0. The lowest BCUT2D eigenvalue weighted by molar-refractivity contribution is 0.0984. The Morgan fingerprint density at radius 2 is 2.33 bits per heavy atom. The average Bonchev–Trinajstić information content (AvgIpc) is 2.94. The van der Waals surface area contributed by atoms with Crippen LogP contribution in [0.4, 0.5) is 15.0 Å². The normalized spacial score (nSPS) is 29.3. The molecule has 0 saturated carbocycles. The predicted molar refractivity (Wildman–Crippen MR) is 62.6 cm³/mol. The molecule has 6 heteroatoms. The van der Waals surface area contributed by atoms with Gasteiger partial charge in [0, 0.05) is 0 Å². The monoisotopic (exact) mass is 251 g/mol. The first-order valence-electron chi connectivity index (χ1n) is 6.05. The van der Waals surface area contributed by atoms with E-state index in [1.807, 2.05) is 0 Å². The van der Waals surface area contributed by atoms with Gasteiger partial charge in [0.25, 0.3) is 0 Å². The summed E-state index contributed by atoms with van der Waals surface area (Å²) in [4.78, 5) is 15.5. The molecule has 0 spiro atoms. The van der Waals surface area contributed by atoms with Crippen LogP contribution in [0, 0.1) is 5.82 Å². The number of urea groups is 1. The minimum absolute atomic E-state index is 0.0733. The highest BCUT2D eigenvalue weighted by Crippen LogP contribution is 2.34. The van der Waals surface area contributed by atoms with Gasteiger partial charge >= 0.3 is 6.03 Å². The number of amides is 2. The number of anilines is 1. The Labute approximate surface area is 104 Å². The second kappa shape index (κ2) is 4.53. The SMILES string of the molecule is O=C(Nc1ccc(F)cn1)N[C@H]1C[C@H]2CC[C@H]1O2. The fraction of sp³-hybridized carbons (Fsp3) is 0.500. The Bertz CT molecular complexity index is 451. The van der Waals surface area contributed by atoms with Gasteiger partial charge in [-0.05, 0) is 31.4 Å². The molecule has 18 heavy (non-hydrogen) atoms. The number of hydrogen-bond donors (Lipinski definition) is 2. The molecule has 0 aromatic carbocycles.